The maximum Gasteiger partial charge on any atom is 0.0991 e. The van der Waals surface area contributed by atoms with Gasteiger partial charge in [0.15, 0.2) is 0 Å². The van der Waals surface area contributed by atoms with Crippen LogP contribution in [0.4, 0.5) is 0 Å². The Labute approximate surface area is 96.0 Å². The fourth-order valence-electron chi connectivity index (χ4n) is 1.86. The van der Waals surface area contributed by atoms with E-state index in [1.165, 1.54) is 5.56 Å². The number of ether oxygens (including phenoxy) is 1. The first kappa shape index (κ1) is 11.1. The van der Waals surface area contributed by atoms with E-state index >= 15 is 0 Å². The molecule has 1 aromatic carbocycles. The normalized spacial score (nSPS) is 16.9. The first-order valence-corrected chi connectivity index (χ1v) is 5.68. The second kappa shape index (κ2) is 5.64. The first-order chi connectivity index (χ1) is 7.88. The summed E-state index contributed by atoms with van der Waals surface area (Å²) in [5.41, 5.74) is 1.94. The van der Waals surface area contributed by atoms with Crippen LogP contribution in [0.15, 0.2) is 24.3 Å². The second-order valence-corrected chi connectivity index (χ2v) is 4.08. The number of nitrogens with one attached hydrogen (secondary N) is 1. The van der Waals surface area contributed by atoms with Crippen molar-refractivity contribution < 1.29 is 4.74 Å². The molecule has 1 aromatic rings. The Morgan fingerprint density at radius 1 is 1.25 bits per heavy atom. The number of hydrogen-bond acceptors (Lipinski definition) is 3. The Balaban J connectivity index is 1.82. The van der Waals surface area contributed by atoms with Crippen molar-refractivity contribution in [1.82, 2.24) is 5.32 Å². The van der Waals surface area contributed by atoms with Gasteiger partial charge in [-0.15, -0.1) is 0 Å². The van der Waals surface area contributed by atoms with Gasteiger partial charge in [-0.05, 0) is 30.5 Å². The van der Waals surface area contributed by atoms with Crippen LogP contribution in [0.5, 0.6) is 0 Å². The molecule has 1 heterocycles. The molecule has 1 saturated heterocycles. The van der Waals surface area contributed by atoms with Crippen molar-refractivity contribution in [3.05, 3.63) is 35.4 Å². The Bertz CT molecular complexity index is 361. The number of benzene rings is 1. The molecule has 0 aliphatic carbocycles. The largest absolute Gasteiger partial charge is 0.381 e. The van der Waals surface area contributed by atoms with Crippen molar-refractivity contribution >= 4 is 0 Å². The van der Waals surface area contributed by atoms with E-state index in [0.29, 0.717) is 6.04 Å². The average molecular weight is 216 g/mol. The third-order valence-corrected chi connectivity index (χ3v) is 2.90. The molecule has 0 spiro atoms. The maximum atomic E-state index is 8.68. The van der Waals surface area contributed by atoms with Gasteiger partial charge >= 0.3 is 0 Å². The molecule has 1 aliphatic heterocycles. The third kappa shape index (κ3) is 3.06. The molecule has 0 unspecified atom stereocenters. The summed E-state index contributed by atoms with van der Waals surface area (Å²) >= 11 is 0. The topological polar surface area (TPSA) is 45.0 Å². The second-order valence-electron chi connectivity index (χ2n) is 4.08. The zero-order chi connectivity index (χ0) is 11.2. The third-order valence-electron chi connectivity index (χ3n) is 2.90. The molecule has 0 amide bonds. The molecule has 0 aromatic heterocycles. The molecule has 0 saturated carbocycles. The van der Waals surface area contributed by atoms with E-state index in [1.54, 1.807) is 0 Å². The van der Waals surface area contributed by atoms with E-state index in [2.05, 4.69) is 11.4 Å². The monoisotopic (exact) mass is 216 g/mol. The van der Waals surface area contributed by atoms with Gasteiger partial charge in [0.1, 0.15) is 0 Å². The van der Waals surface area contributed by atoms with E-state index in [9.17, 15) is 0 Å². The number of nitrogens with zero attached hydrogens (tertiary/aromatic N) is 1. The van der Waals surface area contributed by atoms with Gasteiger partial charge in [0.2, 0.25) is 0 Å². The first-order valence-electron chi connectivity index (χ1n) is 5.68. The van der Waals surface area contributed by atoms with Crippen molar-refractivity contribution in [2.24, 2.45) is 0 Å². The molecule has 1 N–H and O–H groups in total. The van der Waals surface area contributed by atoms with Crippen LogP contribution >= 0.6 is 0 Å². The molecule has 3 nitrogen and oxygen atoms in total. The number of hydrogen-bond donors (Lipinski definition) is 1. The Hall–Kier alpha value is -1.37. The predicted molar refractivity (Wildman–Crippen MR) is 61.8 cm³/mol. The summed E-state index contributed by atoms with van der Waals surface area (Å²) in [6.07, 6.45) is 2.19. The fraction of sp³-hybridized carbons (Fsp3) is 0.462. The lowest BCUT2D eigenvalue weighted by molar-refractivity contribution is 0.0776. The number of nitriles is 1. The van der Waals surface area contributed by atoms with Crippen molar-refractivity contribution in [2.75, 3.05) is 13.2 Å². The van der Waals surface area contributed by atoms with E-state index in [-0.39, 0.29) is 0 Å². The van der Waals surface area contributed by atoms with E-state index in [0.717, 1.165) is 38.2 Å². The SMILES string of the molecule is N#Cc1ccc(CNC2CCOCC2)cc1. The van der Waals surface area contributed by atoms with Gasteiger partial charge in [0.05, 0.1) is 11.6 Å². The zero-order valence-electron chi connectivity index (χ0n) is 9.28. The fourth-order valence-corrected chi connectivity index (χ4v) is 1.86. The molecule has 0 radical (unpaired) electrons. The minimum atomic E-state index is 0.574. The summed E-state index contributed by atoms with van der Waals surface area (Å²) in [5, 5.41) is 12.2. The van der Waals surface area contributed by atoms with Gasteiger partial charge in [0, 0.05) is 25.8 Å². The van der Waals surface area contributed by atoms with Crippen molar-refractivity contribution in [2.45, 2.75) is 25.4 Å². The van der Waals surface area contributed by atoms with Gasteiger partial charge in [-0.1, -0.05) is 12.1 Å². The van der Waals surface area contributed by atoms with E-state index in [1.807, 2.05) is 24.3 Å². The van der Waals surface area contributed by atoms with Crippen LogP contribution in [0.25, 0.3) is 0 Å². The highest BCUT2D eigenvalue weighted by molar-refractivity contribution is 5.31. The van der Waals surface area contributed by atoms with Crippen molar-refractivity contribution in [3.8, 4) is 6.07 Å². The summed E-state index contributed by atoms with van der Waals surface area (Å²) in [5.74, 6) is 0. The highest BCUT2D eigenvalue weighted by Crippen LogP contribution is 2.08. The average Bonchev–Trinajstić information content (AvgIpc) is 2.38. The van der Waals surface area contributed by atoms with Crippen LogP contribution in [0.1, 0.15) is 24.0 Å². The van der Waals surface area contributed by atoms with Crippen LogP contribution in [0, 0.1) is 11.3 Å². The van der Waals surface area contributed by atoms with Crippen LogP contribution in [0.3, 0.4) is 0 Å². The van der Waals surface area contributed by atoms with Gasteiger partial charge in [-0.3, -0.25) is 0 Å². The summed E-state index contributed by atoms with van der Waals surface area (Å²) in [6.45, 7) is 2.60. The molecular formula is C13H16N2O. The lowest BCUT2D eigenvalue weighted by Crippen LogP contribution is -2.34. The quantitative estimate of drug-likeness (QED) is 0.838. The van der Waals surface area contributed by atoms with E-state index < -0.39 is 0 Å². The van der Waals surface area contributed by atoms with Gasteiger partial charge in [-0.2, -0.15) is 5.26 Å². The molecule has 84 valence electrons. The van der Waals surface area contributed by atoms with Crippen molar-refractivity contribution in [3.63, 3.8) is 0 Å². The lowest BCUT2D eigenvalue weighted by atomic mass is 10.1. The molecule has 0 bridgehead atoms. The molecule has 2 rings (SSSR count). The lowest BCUT2D eigenvalue weighted by Gasteiger charge is -2.23. The van der Waals surface area contributed by atoms with Gasteiger partial charge in [-0.25, -0.2) is 0 Å². The van der Waals surface area contributed by atoms with Crippen LogP contribution < -0.4 is 5.32 Å². The Morgan fingerprint density at radius 2 is 1.94 bits per heavy atom. The van der Waals surface area contributed by atoms with Gasteiger partial charge in [0.25, 0.3) is 0 Å². The highest BCUT2D eigenvalue weighted by atomic mass is 16.5. The van der Waals surface area contributed by atoms with E-state index in [4.69, 9.17) is 10.00 Å². The molecular weight excluding hydrogens is 200 g/mol. The summed E-state index contributed by atoms with van der Waals surface area (Å²) in [4.78, 5) is 0. The highest BCUT2D eigenvalue weighted by Gasteiger charge is 2.12. The predicted octanol–water partition coefficient (Wildman–Crippen LogP) is 1.83. The minimum Gasteiger partial charge on any atom is -0.381 e. The molecule has 16 heavy (non-hydrogen) atoms. The molecule has 1 fully saturated rings. The molecule has 3 heteroatoms. The zero-order valence-corrected chi connectivity index (χ0v) is 9.28. The van der Waals surface area contributed by atoms with Gasteiger partial charge < -0.3 is 10.1 Å². The van der Waals surface area contributed by atoms with Crippen molar-refractivity contribution in [1.29, 1.82) is 5.26 Å². The molecule has 1 aliphatic rings. The molecule has 0 atom stereocenters. The Morgan fingerprint density at radius 3 is 2.56 bits per heavy atom. The maximum absolute atomic E-state index is 8.68. The smallest absolute Gasteiger partial charge is 0.0991 e. The summed E-state index contributed by atoms with van der Waals surface area (Å²) < 4.78 is 5.31. The standard InChI is InChI=1S/C13H16N2O/c14-9-11-1-3-12(4-2-11)10-15-13-5-7-16-8-6-13/h1-4,13,15H,5-8,10H2. The van der Waals surface area contributed by atoms with Crippen LogP contribution in [-0.2, 0) is 11.3 Å². The summed E-state index contributed by atoms with van der Waals surface area (Å²) in [7, 11) is 0. The number of rotatable bonds is 3. The minimum absolute atomic E-state index is 0.574. The summed E-state index contributed by atoms with van der Waals surface area (Å²) in [6, 6.07) is 10.4. The van der Waals surface area contributed by atoms with Crippen LogP contribution in [-0.4, -0.2) is 19.3 Å². The Kier molecular flexibility index (Phi) is 3.92. The van der Waals surface area contributed by atoms with Crippen LogP contribution in [0.2, 0.25) is 0 Å².